The fraction of sp³-hybridized carbons (Fsp3) is 0.346. The molecule has 1 aliphatic heterocycles. The number of para-hydroxylation sites is 1. The molecule has 0 spiro atoms. The van der Waals surface area contributed by atoms with Gasteiger partial charge in [-0.3, -0.25) is 9.59 Å². The van der Waals surface area contributed by atoms with Crippen LogP contribution in [0.1, 0.15) is 13.3 Å². The summed E-state index contributed by atoms with van der Waals surface area (Å²) in [6.07, 6.45) is 2.63. The third-order valence-electron chi connectivity index (χ3n) is 6.56. The molecular weight excluding hydrogens is 430 g/mol. The summed E-state index contributed by atoms with van der Waals surface area (Å²) in [6, 6.07) is 15.9. The number of aromatic nitrogens is 3. The maximum atomic E-state index is 13.4. The van der Waals surface area contributed by atoms with Gasteiger partial charge in [0.15, 0.2) is 0 Å². The SMILES string of the molecule is CCCn1c2ccccc2c2cnn(CC(=O)N3CCN(c4cccc(OC)c4)CC3)c(=O)c21. The van der Waals surface area contributed by atoms with E-state index in [0.717, 1.165) is 53.8 Å². The van der Waals surface area contributed by atoms with Crippen LogP contribution in [-0.2, 0) is 17.9 Å². The highest BCUT2D eigenvalue weighted by Crippen LogP contribution is 2.26. The molecule has 176 valence electrons. The number of methoxy groups -OCH3 is 1. The number of amides is 1. The van der Waals surface area contributed by atoms with Gasteiger partial charge in [0, 0.05) is 60.8 Å². The third kappa shape index (κ3) is 3.89. The van der Waals surface area contributed by atoms with Gasteiger partial charge >= 0.3 is 0 Å². The number of anilines is 1. The molecule has 5 rings (SSSR count). The zero-order chi connectivity index (χ0) is 23.7. The van der Waals surface area contributed by atoms with E-state index in [2.05, 4.69) is 21.5 Å². The lowest BCUT2D eigenvalue weighted by Gasteiger charge is -2.36. The summed E-state index contributed by atoms with van der Waals surface area (Å²) in [5.74, 6) is 0.731. The van der Waals surface area contributed by atoms with E-state index >= 15 is 0 Å². The summed E-state index contributed by atoms with van der Waals surface area (Å²) in [7, 11) is 1.66. The number of rotatable bonds is 6. The molecule has 2 aromatic heterocycles. The average Bonchev–Trinajstić information content (AvgIpc) is 3.20. The molecule has 0 unspecified atom stereocenters. The summed E-state index contributed by atoms with van der Waals surface area (Å²) in [5.41, 5.74) is 2.51. The Bertz CT molecular complexity index is 1400. The van der Waals surface area contributed by atoms with Crippen LogP contribution >= 0.6 is 0 Å². The van der Waals surface area contributed by atoms with E-state index in [9.17, 15) is 9.59 Å². The number of fused-ring (bicyclic) bond motifs is 3. The number of ether oxygens (including phenoxy) is 1. The van der Waals surface area contributed by atoms with Gasteiger partial charge in [-0.1, -0.05) is 31.2 Å². The topological polar surface area (TPSA) is 72.6 Å². The highest BCUT2D eigenvalue weighted by Gasteiger charge is 2.23. The first kappa shape index (κ1) is 22.0. The van der Waals surface area contributed by atoms with E-state index in [0.29, 0.717) is 18.6 Å². The van der Waals surface area contributed by atoms with Gasteiger partial charge in [0.05, 0.1) is 13.3 Å². The Morgan fingerprint density at radius 3 is 2.59 bits per heavy atom. The van der Waals surface area contributed by atoms with Crippen LogP contribution in [0, 0.1) is 0 Å². The zero-order valence-electron chi connectivity index (χ0n) is 19.6. The first-order valence-corrected chi connectivity index (χ1v) is 11.7. The van der Waals surface area contributed by atoms with E-state index in [-0.39, 0.29) is 18.0 Å². The summed E-state index contributed by atoms with van der Waals surface area (Å²) < 4.78 is 8.69. The monoisotopic (exact) mass is 459 g/mol. The molecule has 0 saturated carbocycles. The van der Waals surface area contributed by atoms with Crippen molar-refractivity contribution >= 4 is 33.4 Å². The normalized spacial score (nSPS) is 14.2. The van der Waals surface area contributed by atoms with Crippen LogP contribution in [0.2, 0.25) is 0 Å². The molecule has 1 aliphatic rings. The van der Waals surface area contributed by atoms with Gasteiger partial charge in [-0.05, 0) is 24.6 Å². The van der Waals surface area contributed by atoms with Crippen molar-refractivity contribution in [3.63, 3.8) is 0 Å². The molecule has 34 heavy (non-hydrogen) atoms. The molecule has 1 amide bonds. The summed E-state index contributed by atoms with van der Waals surface area (Å²) in [4.78, 5) is 30.5. The molecule has 8 heteroatoms. The van der Waals surface area contributed by atoms with Crippen molar-refractivity contribution in [2.45, 2.75) is 26.4 Å². The Hall–Kier alpha value is -3.81. The molecule has 2 aromatic carbocycles. The van der Waals surface area contributed by atoms with Crippen LogP contribution in [0.25, 0.3) is 21.8 Å². The Morgan fingerprint density at radius 2 is 1.82 bits per heavy atom. The largest absolute Gasteiger partial charge is 0.497 e. The van der Waals surface area contributed by atoms with E-state index in [1.165, 1.54) is 4.68 Å². The molecule has 1 fully saturated rings. The van der Waals surface area contributed by atoms with Crippen molar-refractivity contribution in [3.05, 3.63) is 65.1 Å². The number of nitrogens with zero attached hydrogens (tertiary/aromatic N) is 5. The van der Waals surface area contributed by atoms with E-state index in [1.807, 2.05) is 53.4 Å². The first-order chi connectivity index (χ1) is 16.6. The molecule has 1 saturated heterocycles. The van der Waals surface area contributed by atoms with Gasteiger partial charge in [-0.25, -0.2) is 4.68 Å². The number of aryl methyl sites for hydroxylation is 1. The van der Waals surface area contributed by atoms with E-state index in [1.54, 1.807) is 13.3 Å². The maximum absolute atomic E-state index is 13.4. The van der Waals surface area contributed by atoms with Gasteiger partial charge in [-0.15, -0.1) is 0 Å². The predicted octanol–water partition coefficient (Wildman–Crippen LogP) is 3.12. The molecule has 3 heterocycles. The van der Waals surface area contributed by atoms with Gasteiger partial charge in [0.25, 0.3) is 5.56 Å². The number of benzene rings is 2. The second-order valence-corrected chi connectivity index (χ2v) is 8.61. The zero-order valence-corrected chi connectivity index (χ0v) is 19.6. The van der Waals surface area contributed by atoms with Crippen molar-refractivity contribution in [3.8, 4) is 5.75 Å². The lowest BCUT2D eigenvalue weighted by atomic mass is 10.2. The van der Waals surface area contributed by atoms with Crippen molar-refractivity contribution in [1.82, 2.24) is 19.2 Å². The van der Waals surface area contributed by atoms with E-state index < -0.39 is 0 Å². The van der Waals surface area contributed by atoms with Gasteiger partial charge < -0.3 is 19.1 Å². The van der Waals surface area contributed by atoms with Gasteiger partial charge in [0.2, 0.25) is 5.91 Å². The molecule has 8 nitrogen and oxygen atoms in total. The summed E-state index contributed by atoms with van der Waals surface area (Å²) >= 11 is 0. The number of carbonyl (C=O) groups excluding carboxylic acids is 1. The molecular formula is C26H29N5O3. The maximum Gasteiger partial charge on any atom is 0.291 e. The van der Waals surface area contributed by atoms with Gasteiger partial charge in [0.1, 0.15) is 17.8 Å². The van der Waals surface area contributed by atoms with Crippen LogP contribution in [0.5, 0.6) is 5.75 Å². The van der Waals surface area contributed by atoms with Crippen molar-refractivity contribution in [2.24, 2.45) is 0 Å². The third-order valence-corrected chi connectivity index (χ3v) is 6.56. The van der Waals surface area contributed by atoms with Crippen LogP contribution in [0.4, 0.5) is 5.69 Å². The quantitative estimate of drug-likeness (QED) is 0.443. The first-order valence-electron chi connectivity index (χ1n) is 11.7. The fourth-order valence-corrected chi connectivity index (χ4v) is 4.81. The fourth-order valence-electron chi connectivity index (χ4n) is 4.81. The summed E-state index contributed by atoms with van der Waals surface area (Å²) in [5, 5.41) is 6.22. The number of piperazine rings is 1. The highest BCUT2D eigenvalue weighted by atomic mass is 16.5. The number of carbonyl (C=O) groups is 1. The lowest BCUT2D eigenvalue weighted by Crippen LogP contribution is -2.50. The second-order valence-electron chi connectivity index (χ2n) is 8.61. The van der Waals surface area contributed by atoms with Crippen molar-refractivity contribution < 1.29 is 9.53 Å². The van der Waals surface area contributed by atoms with Gasteiger partial charge in [-0.2, -0.15) is 5.10 Å². The van der Waals surface area contributed by atoms with Crippen LogP contribution in [0.15, 0.2) is 59.5 Å². The summed E-state index contributed by atoms with van der Waals surface area (Å²) in [6.45, 7) is 5.43. The van der Waals surface area contributed by atoms with Crippen molar-refractivity contribution in [1.29, 1.82) is 0 Å². The molecule has 0 N–H and O–H groups in total. The van der Waals surface area contributed by atoms with E-state index in [4.69, 9.17) is 4.74 Å². The minimum Gasteiger partial charge on any atom is -0.497 e. The Balaban J connectivity index is 1.35. The van der Waals surface area contributed by atoms with Crippen molar-refractivity contribution in [2.75, 3.05) is 38.2 Å². The number of hydrogen-bond donors (Lipinski definition) is 0. The van der Waals surface area contributed by atoms with Crippen LogP contribution in [0.3, 0.4) is 0 Å². The molecule has 4 aromatic rings. The standard InChI is InChI=1S/C26H29N5O3/c1-3-11-30-23-10-5-4-9-21(23)22-17-27-31(26(33)25(22)30)18-24(32)29-14-12-28(13-15-29)19-7-6-8-20(16-19)34-2/h4-10,16-17H,3,11-15,18H2,1-2H3. The minimum atomic E-state index is -0.217. The molecule has 0 aliphatic carbocycles. The Labute approximate surface area is 197 Å². The Kier molecular flexibility index (Phi) is 5.96. The van der Waals surface area contributed by atoms with Crippen LogP contribution in [-0.4, -0.2) is 58.4 Å². The molecule has 0 atom stereocenters. The average molecular weight is 460 g/mol. The predicted molar refractivity (Wildman–Crippen MR) is 134 cm³/mol. The lowest BCUT2D eigenvalue weighted by molar-refractivity contribution is -0.132. The second kappa shape index (κ2) is 9.21. The molecule has 0 bridgehead atoms. The molecule has 0 radical (unpaired) electrons. The smallest absolute Gasteiger partial charge is 0.291 e. The number of hydrogen-bond acceptors (Lipinski definition) is 5. The highest BCUT2D eigenvalue weighted by molar-refractivity contribution is 6.07. The van der Waals surface area contributed by atoms with Crippen LogP contribution < -0.4 is 15.2 Å². The minimum absolute atomic E-state index is 0.0540. The Morgan fingerprint density at radius 1 is 1.03 bits per heavy atom.